The van der Waals surface area contributed by atoms with Crippen molar-refractivity contribution in [3.05, 3.63) is 137 Å². The Hall–Kier alpha value is -9.84. The van der Waals surface area contributed by atoms with E-state index in [0.29, 0.717) is 52.2 Å². The molecular weight excluding hydrogens is 1090 g/mol. The molecule has 0 aromatic heterocycles. The van der Waals surface area contributed by atoms with E-state index >= 15 is 0 Å². The molecule has 0 aliphatic carbocycles. The number of carboxylic acids is 1. The Morgan fingerprint density at radius 1 is 0.714 bits per heavy atom. The summed E-state index contributed by atoms with van der Waals surface area (Å²) in [4.78, 5) is 127. The van der Waals surface area contributed by atoms with Gasteiger partial charge in [-0.15, -0.1) is 0 Å². The zero-order valence-electron chi connectivity index (χ0n) is 46.7. The molecule has 0 spiro atoms. The second-order valence-electron chi connectivity index (χ2n) is 21.1. The van der Waals surface area contributed by atoms with Crippen molar-refractivity contribution in [3.8, 4) is 23.0 Å². The summed E-state index contributed by atoms with van der Waals surface area (Å²) in [5, 5.41) is 30.1. The lowest BCUT2D eigenvalue weighted by Gasteiger charge is -2.31. The van der Waals surface area contributed by atoms with E-state index in [1.54, 1.807) is 67.4 Å². The summed E-state index contributed by atoms with van der Waals surface area (Å²) in [6.45, 7) is 12.6. The summed E-state index contributed by atoms with van der Waals surface area (Å²) in [6, 6.07) is 13.4. The van der Waals surface area contributed by atoms with Crippen LogP contribution in [0.4, 0.5) is 21.9 Å². The summed E-state index contributed by atoms with van der Waals surface area (Å²) >= 11 is 0. The first kappa shape index (κ1) is 58.8. The predicted octanol–water partition coefficient (Wildman–Crippen LogP) is 5.19. The number of hydrogen-bond acceptors (Lipinski definition) is 16. The largest absolute Gasteiger partial charge is 0.493 e. The molecule has 4 aromatic rings. The van der Waals surface area contributed by atoms with E-state index < -0.39 is 77.8 Å². The molecule has 0 saturated carbocycles. The van der Waals surface area contributed by atoms with Crippen molar-refractivity contribution in [2.75, 3.05) is 44.1 Å². The van der Waals surface area contributed by atoms with Crippen LogP contribution in [0.25, 0.3) is 0 Å². The lowest BCUT2D eigenvalue weighted by Crippen LogP contribution is -2.54. The Balaban J connectivity index is 0.864. The van der Waals surface area contributed by atoms with Crippen LogP contribution < -0.4 is 39.8 Å². The molecule has 438 valence electrons. The van der Waals surface area contributed by atoms with Gasteiger partial charge in [0.15, 0.2) is 29.2 Å². The number of anilines is 2. The van der Waals surface area contributed by atoms with Crippen LogP contribution >= 0.6 is 0 Å². The Labute approximate surface area is 482 Å². The highest BCUT2D eigenvalue weighted by atomic mass is 16.6. The monoisotopic (exact) mass is 1150 g/mol. The van der Waals surface area contributed by atoms with Gasteiger partial charge in [0.05, 0.1) is 54.4 Å². The molecular formula is C60H62N8O16. The Morgan fingerprint density at radius 3 is 1.95 bits per heavy atom. The van der Waals surface area contributed by atoms with E-state index in [0.717, 1.165) is 27.5 Å². The average molecular weight is 1150 g/mol. The molecule has 5 aliphatic heterocycles. The normalized spacial score (nSPS) is 18.5. The number of aliphatic hydroxyl groups excluding tert-OH is 1. The number of carbonyl (C=O) groups excluding carboxylic acids is 8. The van der Waals surface area contributed by atoms with Crippen molar-refractivity contribution in [2.45, 2.75) is 90.2 Å². The highest BCUT2D eigenvalue weighted by Gasteiger charge is 2.46. The standard InChI is InChI=1S/C60H62N8O16/c1-31(2)53(64-50(69)14-15-65-51(70)12-13-52(65)71)55(73)62-34(5)54(72)63-39-10-8-35(9-11-39)28-84-60(79)68-44-24-49(47(81-7)22-42(44)57(75)67-27-33(4)17-45(67)58(68)76)83-30-37-18-36(19-38(20-37)59(77)78)29-82-48-23-43-41(21-46(48)80-6)56(74)66-26-32(3)16-40(66)25-61-43/h8-13,18-25,31,34,40,45,53,58,76H,3-4,14-17,26-30H2,1-2,5-7H3,(H,62,73)(H,63,72)(H,64,69)(H,77,78)/t34-,40-,45-,53-,58-/m0/s1. The van der Waals surface area contributed by atoms with Gasteiger partial charge in [0.25, 0.3) is 23.6 Å². The molecule has 24 nitrogen and oxygen atoms in total. The fourth-order valence-electron chi connectivity index (χ4n) is 10.3. The van der Waals surface area contributed by atoms with Gasteiger partial charge in [-0.3, -0.25) is 43.5 Å². The molecule has 5 N–H and O–H groups in total. The van der Waals surface area contributed by atoms with E-state index in [1.807, 2.05) is 0 Å². The van der Waals surface area contributed by atoms with Gasteiger partial charge in [0.2, 0.25) is 17.7 Å². The SMILES string of the molecule is C=C1C[C@H]2C=Nc3cc(OCc4cc(COc5cc6c(cc5OC)C(=O)N5CC(=C)C[C@H]5[C@H](O)N6C(=O)OCc5ccc(NC(=O)[C@H](C)NC(=O)[C@@H](NC(=O)CCN6C(=O)C=CC6=O)C(C)C)cc5)cc(C(=O)O)c4)c(OC)cc3C(=O)N2C1. The maximum absolute atomic E-state index is 14.3. The minimum absolute atomic E-state index is 0.0207. The third-order valence-electron chi connectivity index (χ3n) is 14.7. The average Bonchev–Trinajstić information content (AvgIpc) is 1.88. The molecule has 5 heterocycles. The van der Waals surface area contributed by atoms with Gasteiger partial charge in [-0.25, -0.2) is 14.5 Å². The summed E-state index contributed by atoms with van der Waals surface area (Å²) in [6.07, 6.45) is 1.81. The number of rotatable bonds is 20. The molecule has 2 saturated heterocycles. The maximum atomic E-state index is 14.3. The number of amides is 8. The van der Waals surface area contributed by atoms with Crippen LogP contribution in [0.15, 0.2) is 108 Å². The van der Waals surface area contributed by atoms with E-state index in [-0.39, 0.29) is 97.5 Å². The Bertz CT molecular complexity index is 3450. The van der Waals surface area contributed by atoms with Crippen molar-refractivity contribution in [1.29, 1.82) is 0 Å². The number of imide groups is 1. The number of aromatic carboxylic acids is 1. The van der Waals surface area contributed by atoms with Crippen molar-refractivity contribution >= 4 is 76.7 Å². The van der Waals surface area contributed by atoms with Crippen LogP contribution in [0, 0.1) is 5.92 Å². The summed E-state index contributed by atoms with van der Waals surface area (Å²) in [7, 11) is 2.79. The van der Waals surface area contributed by atoms with Gasteiger partial charge in [0.1, 0.15) is 31.9 Å². The van der Waals surface area contributed by atoms with E-state index in [9.17, 15) is 53.4 Å². The van der Waals surface area contributed by atoms with Crippen molar-refractivity contribution in [1.82, 2.24) is 25.3 Å². The molecule has 2 fully saturated rings. The van der Waals surface area contributed by atoms with Gasteiger partial charge in [-0.2, -0.15) is 0 Å². The fraction of sp³-hybridized carbons (Fsp3) is 0.333. The minimum atomic E-state index is -1.63. The van der Waals surface area contributed by atoms with Crippen LogP contribution in [0.2, 0.25) is 0 Å². The topological polar surface area (TPSA) is 302 Å². The van der Waals surface area contributed by atoms with Crippen LogP contribution in [0.5, 0.6) is 23.0 Å². The van der Waals surface area contributed by atoms with Crippen LogP contribution in [-0.2, 0) is 48.5 Å². The molecule has 5 atom stereocenters. The molecule has 0 bridgehead atoms. The second kappa shape index (κ2) is 24.7. The Kier molecular flexibility index (Phi) is 17.3. The molecule has 4 aromatic carbocycles. The number of aliphatic hydroxyl groups is 1. The van der Waals surface area contributed by atoms with Gasteiger partial charge >= 0.3 is 12.1 Å². The van der Waals surface area contributed by atoms with Crippen molar-refractivity contribution in [2.24, 2.45) is 10.9 Å². The first-order chi connectivity index (χ1) is 40.1. The number of methoxy groups -OCH3 is 2. The van der Waals surface area contributed by atoms with Gasteiger partial charge in [0, 0.05) is 62.2 Å². The van der Waals surface area contributed by atoms with Gasteiger partial charge in [-0.1, -0.05) is 50.3 Å². The fourth-order valence-corrected chi connectivity index (χ4v) is 10.3. The zero-order valence-corrected chi connectivity index (χ0v) is 46.7. The summed E-state index contributed by atoms with van der Waals surface area (Å²) < 4.78 is 29.6. The first-order valence-electron chi connectivity index (χ1n) is 26.8. The number of nitrogens with zero attached hydrogens (tertiary/aromatic N) is 5. The summed E-state index contributed by atoms with van der Waals surface area (Å²) in [5.74, 6) is -4.61. The van der Waals surface area contributed by atoms with Gasteiger partial charge < -0.3 is 59.6 Å². The zero-order chi connectivity index (χ0) is 60.3. The predicted molar refractivity (Wildman–Crippen MR) is 302 cm³/mol. The van der Waals surface area contributed by atoms with Crippen LogP contribution in [0.3, 0.4) is 0 Å². The number of hydrogen-bond donors (Lipinski definition) is 5. The maximum Gasteiger partial charge on any atom is 0.416 e. The lowest BCUT2D eigenvalue weighted by molar-refractivity contribution is -0.137. The second-order valence-corrected chi connectivity index (χ2v) is 21.1. The lowest BCUT2D eigenvalue weighted by atomic mass is 10.0. The van der Waals surface area contributed by atoms with E-state index in [4.69, 9.17) is 23.7 Å². The molecule has 8 amide bonds. The number of fused-ring (bicyclic) bond motifs is 4. The Morgan fingerprint density at radius 2 is 1.32 bits per heavy atom. The molecule has 0 radical (unpaired) electrons. The van der Waals surface area contributed by atoms with E-state index in [2.05, 4.69) is 34.1 Å². The number of carbonyl (C=O) groups is 9. The van der Waals surface area contributed by atoms with Crippen molar-refractivity contribution < 1.29 is 77.0 Å². The highest BCUT2D eigenvalue weighted by Crippen LogP contribution is 2.43. The minimum Gasteiger partial charge on any atom is -0.493 e. The third-order valence-corrected chi connectivity index (χ3v) is 14.7. The molecule has 24 heteroatoms. The quantitative estimate of drug-likeness (QED) is 0.0562. The smallest absolute Gasteiger partial charge is 0.416 e. The summed E-state index contributed by atoms with van der Waals surface area (Å²) in [5.41, 5.74) is 3.73. The van der Waals surface area contributed by atoms with Crippen LogP contribution in [0.1, 0.15) is 87.8 Å². The third kappa shape index (κ3) is 12.6. The van der Waals surface area contributed by atoms with Gasteiger partial charge in [-0.05, 0) is 84.8 Å². The molecule has 5 aliphatic rings. The van der Waals surface area contributed by atoms with E-state index in [1.165, 1.54) is 50.3 Å². The molecule has 84 heavy (non-hydrogen) atoms. The number of benzene rings is 4. The first-order valence-corrected chi connectivity index (χ1v) is 26.8. The van der Waals surface area contributed by atoms with Crippen molar-refractivity contribution in [3.63, 3.8) is 0 Å². The number of ether oxygens (including phenoxy) is 5. The highest BCUT2D eigenvalue weighted by molar-refractivity contribution is 6.13. The molecule has 9 rings (SSSR count). The number of aliphatic imine (C=N–C) groups is 1. The molecule has 0 unspecified atom stereocenters. The number of nitrogens with one attached hydrogen (secondary N) is 3. The number of carboxylic acid groups (broad SMARTS) is 1. The van der Waals surface area contributed by atoms with Crippen LogP contribution in [-0.4, -0.2) is 149 Å².